The molecular weight excluding hydrogens is 179 g/mol. The first kappa shape index (κ1) is 8.13. The molecule has 1 amide bonds. The van der Waals surface area contributed by atoms with Crippen molar-refractivity contribution >= 4 is 19.4 Å². The van der Waals surface area contributed by atoms with Gasteiger partial charge in [0.25, 0.3) is 8.00 Å². The number of carbonyl (C=O) groups is 1. The monoisotopic (exact) mass is 188 g/mol. The number of carbonyl (C=O) groups excluding carboxylic acids is 1. The van der Waals surface area contributed by atoms with Crippen LogP contribution in [0.2, 0.25) is 0 Å². The number of nitrogens with zero attached hydrogens (tertiary/aromatic N) is 1. The lowest BCUT2D eigenvalue weighted by atomic mass is 10.3. The third-order valence-electron chi connectivity index (χ3n) is 1.89. The van der Waals surface area contributed by atoms with Gasteiger partial charge in [0.2, 0.25) is 0 Å². The maximum Gasteiger partial charge on any atom is 0.390 e. The van der Waals surface area contributed by atoms with Gasteiger partial charge in [0.05, 0.1) is 0 Å². The molecule has 1 fully saturated rings. The van der Waals surface area contributed by atoms with Crippen molar-refractivity contribution in [2.45, 2.75) is 0 Å². The number of nitrogens with one attached hydrogen (secondary N) is 1. The van der Waals surface area contributed by atoms with E-state index in [1.807, 2.05) is 0 Å². The largest absolute Gasteiger partial charge is 0.600 e. The molecule has 5 nitrogen and oxygen atoms in total. The molecule has 66 valence electrons. The van der Waals surface area contributed by atoms with E-state index in [0.29, 0.717) is 13.1 Å². The van der Waals surface area contributed by atoms with E-state index in [2.05, 4.69) is 9.84 Å². The van der Waals surface area contributed by atoms with E-state index in [0.717, 1.165) is 13.1 Å². The maximum atomic E-state index is 11.3. The number of piperazine rings is 1. The molecule has 0 spiro atoms. The normalized spacial score (nSPS) is 25.9. The summed E-state index contributed by atoms with van der Waals surface area (Å²) < 4.78 is 4.55. The quantitative estimate of drug-likeness (QED) is 0.495. The van der Waals surface area contributed by atoms with Crippen LogP contribution in [-0.4, -0.2) is 42.5 Å². The van der Waals surface area contributed by atoms with Crippen molar-refractivity contribution in [3.05, 3.63) is 0 Å². The van der Waals surface area contributed by atoms with Gasteiger partial charge < -0.3 is 15.1 Å². The molecule has 0 bridgehead atoms. The van der Waals surface area contributed by atoms with Gasteiger partial charge in [-0.25, -0.2) is 0 Å². The SMILES string of the molecule is O=C(C1=[P+]([O-])O1)N1CCNCC1. The van der Waals surface area contributed by atoms with Crippen molar-refractivity contribution in [3.63, 3.8) is 0 Å². The molecule has 0 aliphatic carbocycles. The van der Waals surface area contributed by atoms with Crippen molar-refractivity contribution in [1.82, 2.24) is 10.2 Å². The fourth-order valence-electron chi connectivity index (χ4n) is 1.18. The number of hydrogen-bond donors (Lipinski definition) is 1. The molecule has 2 aliphatic heterocycles. The van der Waals surface area contributed by atoms with Gasteiger partial charge in [-0.2, -0.15) is 0 Å². The predicted molar refractivity (Wildman–Crippen MR) is 42.5 cm³/mol. The summed E-state index contributed by atoms with van der Waals surface area (Å²) in [5.74, 6) is -0.197. The Kier molecular flexibility index (Phi) is 2.11. The molecule has 2 heterocycles. The van der Waals surface area contributed by atoms with Gasteiger partial charge in [-0.1, -0.05) is 4.52 Å². The highest BCUT2D eigenvalue weighted by Gasteiger charge is 2.43. The molecule has 12 heavy (non-hydrogen) atoms. The Labute approximate surface area is 70.9 Å². The minimum absolute atomic E-state index is 0.145. The summed E-state index contributed by atoms with van der Waals surface area (Å²) in [5, 5.41) is 3.12. The number of hydrogen-bond acceptors (Lipinski definition) is 4. The van der Waals surface area contributed by atoms with Crippen LogP contribution in [0.5, 0.6) is 0 Å². The highest BCUT2D eigenvalue weighted by Crippen LogP contribution is 2.34. The molecular formula is C6H9N2O3P. The van der Waals surface area contributed by atoms with E-state index in [9.17, 15) is 9.69 Å². The van der Waals surface area contributed by atoms with Crippen molar-refractivity contribution in [2.24, 2.45) is 0 Å². The molecule has 1 unspecified atom stereocenters. The average Bonchev–Trinajstić information content (AvgIpc) is 2.83. The third kappa shape index (κ3) is 1.49. The van der Waals surface area contributed by atoms with Crippen LogP contribution >= 0.6 is 8.00 Å². The molecule has 1 atom stereocenters. The molecule has 2 rings (SSSR count). The van der Waals surface area contributed by atoms with Gasteiger partial charge in [0.15, 0.2) is 0 Å². The van der Waals surface area contributed by atoms with Crippen molar-refractivity contribution < 1.29 is 14.2 Å². The van der Waals surface area contributed by atoms with Crippen LogP contribution in [0.15, 0.2) is 0 Å². The molecule has 0 aromatic heterocycles. The average molecular weight is 188 g/mol. The molecule has 0 aromatic rings. The van der Waals surface area contributed by atoms with Crippen LogP contribution in [0.3, 0.4) is 0 Å². The Morgan fingerprint density at radius 2 is 2.17 bits per heavy atom. The van der Waals surface area contributed by atoms with Crippen molar-refractivity contribution in [1.29, 1.82) is 0 Å². The number of rotatable bonds is 1. The Bertz CT molecular complexity index is 247. The summed E-state index contributed by atoms with van der Waals surface area (Å²) >= 11 is 0. The van der Waals surface area contributed by atoms with E-state index in [4.69, 9.17) is 0 Å². The van der Waals surface area contributed by atoms with Gasteiger partial charge in [0.1, 0.15) is 0 Å². The zero-order chi connectivity index (χ0) is 8.55. The van der Waals surface area contributed by atoms with Crippen LogP contribution in [0.25, 0.3) is 0 Å². The minimum Gasteiger partial charge on any atom is -0.600 e. The molecule has 1 N–H and O–H groups in total. The van der Waals surface area contributed by atoms with Gasteiger partial charge in [-0.05, 0) is 0 Å². The van der Waals surface area contributed by atoms with Crippen molar-refractivity contribution in [2.75, 3.05) is 26.2 Å². The lowest BCUT2D eigenvalue weighted by Gasteiger charge is -2.24. The lowest BCUT2D eigenvalue weighted by molar-refractivity contribution is -0.159. The van der Waals surface area contributed by atoms with Crippen LogP contribution in [-0.2, 0) is 9.32 Å². The first-order chi connectivity index (χ1) is 5.79. The summed E-state index contributed by atoms with van der Waals surface area (Å²) in [6.45, 7) is 2.95. The van der Waals surface area contributed by atoms with Crippen LogP contribution < -0.4 is 10.2 Å². The van der Waals surface area contributed by atoms with Gasteiger partial charge in [0, 0.05) is 26.2 Å². The van der Waals surface area contributed by atoms with Crippen molar-refractivity contribution in [3.8, 4) is 0 Å². The van der Waals surface area contributed by atoms with E-state index >= 15 is 0 Å². The molecule has 0 aromatic carbocycles. The molecule has 6 heteroatoms. The highest BCUT2D eigenvalue weighted by molar-refractivity contribution is 7.58. The summed E-state index contributed by atoms with van der Waals surface area (Å²) in [4.78, 5) is 23.6. The predicted octanol–water partition coefficient (Wildman–Crippen LogP) is -1.75. The molecule has 0 radical (unpaired) electrons. The van der Waals surface area contributed by atoms with E-state index in [1.54, 1.807) is 4.90 Å². The zero-order valence-electron chi connectivity index (χ0n) is 6.45. The Morgan fingerprint density at radius 1 is 1.58 bits per heavy atom. The van der Waals surface area contributed by atoms with Crippen LogP contribution in [0.1, 0.15) is 0 Å². The van der Waals surface area contributed by atoms with Crippen LogP contribution in [0.4, 0.5) is 0 Å². The maximum absolute atomic E-state index is 11.3. The summed E-state index contributed by atoms with van der Waals surface area (Å²) in [6.07, 6.45) is 0. The summed E-state index contributed by atoms with van der Waals surface area (Å²) in [5.41, 5.74) is 0.145. The van der Waals surface area contributed by atoms with E-state index < -0.39 is 8.00 Å². The van der Waals surface area contributed by atoms with E-state index in [1.165, 1.54) is 0 Å². The second-order valence-electron chi connectivity index (χ2n) is 2.70. The first-order valence-corrected chi connectivity index (χ1v) is 4.99. The third-order valence-corrected chi connectivity index (χ3v) is 2.69. The second kappa shape index (κ2) is 3.11. The molecule has 1 saturated heterocycles. The molecule has 0 saturated carbocycles. The first-order valence-electron chi connectivity index (χ1n) is 3.81. The second-order valence-corrected chi connectivity index (χ2v) is 3.80. The van der Waals surface area contributed by atoms with Crippen LogP contribution in [0, 0.1) is 0 Å². The summed E-state index contributed by atoms with van der Waals surface area (Å²) in [7, 11) is -1.74. The topological polar surface area (TPSA) is 67.9 Å². The molecule has 2 aliphatic rings. The fraction of sp³-hybridized carbons (Fsp3) is 0.667. The van der Waals surface area contributed by atoms with E-state index in [-0.39, 0.29) is 11.4 Å². The Hall–Kier alpha value is -0.480. The van der Waals surface area contributed by atoms with Gasteiger partial charge in [-0.3, -0.25) is 4.79 Å². The van der Waals surface area contributed by atoms with Gasteiger partial charge >= 0.3 is 11.4 Å². The smallest absolute Gasteiger partial charge is 0.390 e. The highest BCUT2D eigenvalue weighted by atomic mass is 31.1. The van der Waals surface area contributed by atoms with Gasteiger partial charge in [-0.15, -0.1) is 0 Å². The Balaban J connectivity index is 1.95. The zero-order valence-corrected chi connectivity index (χ0v) is 7.34. The Morgan fingerprint density at radius 3 is 2.67 bits per heavy atom. The fourth-order valence-corrected chi connectivity index (χ4v) is 1.77. The standard InChI is InChI=1S/C6H9N2O3P/c9-5(6-11-12(6)10)8-3-1-7-2-4-8/h7H,1-4H2. The number of amides is 1. The summed E-state index contributed by atoms with van der Waals surface area (Å²) in [6, 6.07) is 0. The minimum atomic E-state index is -1.74. The lowest BCUT2D eigenvalue weighted by Crippen LogP contribution is -2.47.